The third-order valence-corrected chi connectivity index (χ3v) is 2.59. The van der Waals surface area contributed by atoms with Crippen LogP contribution >= 0.6 is 0 Å². The van der Waals surface area contributed by atoms with Crippen LogP contribution in [0.15, 0.2) is 59.0 Å². The lowest BCUT2D eigenvalue weighted by atomic mass is 10.2. The van der Waals surface area contributed by atoms with Gasteiger partial charge in [-0.05, 0) is 24.3 Å². The smallest absolute Gasteiger partial charge is 0.229 e. The Hall–Kier alpha value is -2.42. The summed E-state index contributed by atoms with van der Waals surface area (Å²) in [5.74, 6) is 0.481. The molecule has 3 nitrogen and oxygen atoms in total. The molecule has 0 unspecified atom stereocenters. The first-order chi connectivity index (χ1) is 8.34. The lowest BCUT2D eigenvalue weighted by Gasteiger charge is -2.01. The van der Waals surface area contributed by atoms with Gasteiger partial charge in [0.15, 0.2) is 0 Å². The molecule has 17 heavy (non-hydrogen) atoms. The Bertz CT molecular complexity index is 717. The Morgan fingerprint density at radius 1 is 0.882 bits per heavy atom. The summed E-state index contributed by atoms with van der Waals surface area (Å²) in [6, 6.07) is 17.1. The molecular formula is C14H10N2O. The highest BCUT2D eigenvalue weighted by atomic mass is 16.3. The maximum absolute atomic E-state index is 7.85. The van der Waals surface area contributed by atoms with Crippen LogP contribution in [0.2, 0.25) is 0 Å². The van der Waals surface area contributed by atoms with Gasteiger partial charge in [-0.1, -0.05) is 30.3 Å². The molecule has 0 aliphatic rings. The van der Waals surface area contributed by atoms with Crippen molar-refractivity contribution in [3.8, 4) is 11.5 Å². The maximum atomic E-state index is 7.85. The van der Waals surface area contributed by atoms with E-state index in [4.69, 9.17) is 9.83 Å². The highest BCUT2D eigenvalue weighted by Crippen LogP contribution is 2.17. The average Bonchev–Trinajstić information content (AvgIpc) is 2.40. The fourth-order valence-corrected chi connectivity index (χ4v) is 1.75. The summed E-state index contributed by atoms with van der Waals surface area (Å²) in [4.78, 5) is 4.42. The number of aromatic nitrogens is 1. The van der Waals surface area contributed by atoms with Crippen LogP contribution < -0.4 is 5.55 Å². The third-order valence-electron chi connectivity index (χ3n) is 2.59. The van der Waals surface area contributed by atoms with E-state index in [0.717, 1.165) is 16.5 Å². The van der Waals surface area contributed by atoms with Gasteiger partial charge in [0.25, 0.3) is 0 Å². The highest BCUT2D eigenvalue weighted by molar-refractivity contribution is 5.78. The number of para-hydroxylation sites is 1. The highest BCUT2D eigenvalue weighted by Gasteiger charge is 2.05. The first kappa shape index (κ1) is 9.78. The van der Waals surface area contributed by atoms with Crippen LogP contribution in [0.5, 0.6) is 0 Å². The minimum absolute atomic E-state index is 0.148. The van der Waals surface area contributed by atoms with Crippen molar-refractivity contribution in [3.05, 3.63) is 60.2 Å². The molecule has 3 rings (SSSR count). The fourth-order valence-electron chi connectivity index (χ4n) is 1.75. The molecular weight excluding hydrogens is 212 g/mol. The van der Waals surface area contributed by atoms with E-state index in [0.29, 0.717) is 5.89 Å². The summed E-state index contributed by atoms with van der Waals surface area (Å²) in [7, 11) is 0. The van der Waals surface area contributed by atoms with Crippen molar-refractivity contribution in [1.82, 2.24) is 4.98 Å². The molecule has 0 fully saturated rings. The predicted octanol–water partition coefficient (Wildman–Crippen LogP) is 2.97. The number of nitrogens with zero attached hydrogens (tertiary/aromatic N) is 1. The molecule has 0 spiro atoms. The lowest BCUT2D eigenvalue weighted by Crippen LogP contribution is -2.02. The number of benzene rings is 2. The zero-order valence-electron chi connectivity index (χ0n) is 9.05. The molecule has 1 N–H and O–H groups in total. The normalized spacial score (nSPS) is 10.6. The van der Waals surface area contributed by atoms with Crippen LogP contribution in [0.4, 0.5) is 0 Å². The standard InChI is InChI=1S/C14H10N2O/c15-13-11-8-4-5-9-12(11)16-14(17-13)10-6-2-1-3-7-10/h1-9,15H. The van der Waals surface area contributed by atoms with Gasteiger partial charge >= 0.3 is 0 Å². The molecule has 3 aromatic rings. The van der Waals surface area contributed by atoms with E-state index in [-0.39, 0.29) is 5.55 Å². The molecule has 1 aromatic heterocycles. The summed E-state index contributed by atoms with van der Waals surface area (Å²) in [5, 5.41) is 8.58. The largest absolute Gasteiger partial charge is 0.420 e. The first-order valence-electron chi connectivity index (χ1n) is 5.34. The second-order valence-corrected chi connectivity index (χ2v) is 3.73. The Morgan fingerprint density at radius 3 is 2.41 bits per heavy atom. The summed E-state index contributed by atoms with van der Waals surface area (Å²) < 4.78 is 5.43. The van der Waals surface area contributed by atoms with Crippen molar-refractivity contribution < 1.29 is 4.42 Å². The molecule has 0 saturated carbocycles. The summed E-state index contributed by atoms with van der Waals surface area (Å²) in [6.07, 6.45) is 0. The van der Waals surface area contributed by atoms with Gasteiger partial charge in [-0.3, -0.25) is 5.41 Å². The number of hydrogen-bond donors (Lipinski definition) is 1. The Morgan fingerprint density at radius 2 is 1.59 bits per heavy atom. The molecule has 0 aliphatic carbocycles. The monoisotopic (exact) mass is 222 g/mol. The van der Waals surface area contributed by atoms with Crippen molar-refractivity contribution in [2.75, 3.05) is 0 Å². The minimum Gasteiger partial charge on any atom is -0.420 e. The SMILES string of the molecule is N=c1oc(-c2ccccc2)nc2ccccc12. The van der Waals surface area contributed by atoms with E-state index in [2.05, 4.69) is 4.98 Å². The molecule has 1 heterocycles. The zero-order valence-corrected chi connectivity index (χ0v) is 9.05. The Kier molecular flexibility index (Phi) is 2.22. The van der Waals surface area contributed by atoms with E-state index < -0.39 is 0 Å². The van der Waals surface area contributed by atoms with Crippen molar-refractivity contribution in [2.45, 2.75) is 0 Å². The number of hydrogen-bond acceptors (Lipinski definition) is 3. The topological polar surface area (TPSA) is 49.9 Å². The number of rotatable bonds is 1. The van der Waals surface area contributed by atoms with Crippen LogP contribution in [0, 0.1) is 5.41 Å². The van der Waals surface area contributed by atoms with Crippen LogP contribution in [0.3, 0.4) is 0 Å². The molecule has 82 valence electrons. The van der Waals surface area contributed by atoms with E-state index >= 15 is 0 Å². The van der Waals surface area contributed by atoms with Crippen molar-refractivity contribution >= 4 is 10.9 Å². The maximum Gasteiger partial charge on any atom is 0.229 e. The van der Waals surface area contributed by atoms with Gasteiger partial charge in [-0.2, -0.15) is 0 Å². The van der Waals surface area contributed by atoms with Gasteiger partial charge in [0.1, 0.15) is 0 Å². The van der Waals surface area contributed by atoms with E-state index in [1.165, 1.54) is 0 Å². The Labute approximate surface area is 97.9 Å². The molecule has 0 amide bonds. The number of fused-ring (bicyclic) bond motifs is 1. The van der Waals surface area contributed by atoms with Gasteiger partial charge in [-0.15, -0.1) is 0 Å². The molecule has 2 aromatic carbocycles. The summed E-state index contributed by atoms with van der Waals surface area (Å²) in [6.45, 7) is 0. The summed E-state index contributed by atoms with van der Waals surface area (Å²) >= 11 is 0. The van der Waals surface area contributed by atoms with Gasteiger partial charge < -0.3 is 4.42 Å². The number of nitrogens with one attached hydrogen (secondary N) is 1. The van der Waals surface area contributed by atoms with Crippen LogP contribution in [-0.2, 0) is 0 Å². The molecule has 0 bridgehead atoms. The van der Waals surface area contributed by atoms with Crippen LogP contribution in [0.1, 0.15) is 0 Å². The van der Waals surface area contributed by atoms with Crippen molar-refractivity contribution in [2.24, 2.45) is 0 Å². The second kappa shape index (κ2) is 3.87. The molecule has 0 saturated heterocycles. The summed E-state index contributed by atoms with van der Waals surface area (Å²) in [5.41, 5.74) is 1.81. The third kappa shape index (κ3) is 1.72. The molecule has 0 atom stereocenters. The molecule has 3 heteroatoms. The van der Waals surface area contributed by atoms with Gasteiger partial charge in [-0.25, -0.2) is 4.98 Å². The molecule has 0 radical (unpaired) electrons. The average molecular weight is 222 g/mol. The van der Waals surface area contributed by atoms with E-state index in [1.54, 1.807) is 0 Å². The van der Waals surface area contributed by atoms with Crippen molar-refractivity contribution in [3.63, 3.8) is 0 Å². The van der Waals surface area contributed by atoms with Gasteiger partial charge in [0.05, 0.1) is 10.9 Å². The van der Waals surface area contributed by atoms with Crippen LogP contribution in [-0.4, -0.2) is 4.98 Å². The van der Waals surface area contributed by atoms with E-state index in [1.807, 2.05) is 54.6 Å². The zero-order chi connectivity index (χ0) is 11.7. The predicted molar refractivity (Wildman–Crippen MR) is 65.3 cm³/mol. The quantitative estimate of drug-likeness (QED) is 0.688. The van der Waals surface area contributed by atoms with Gasteiger partial charge in [0, 0.05) is 5.56 Å². The Balaban J connectivity index is 2.30. The second-order valence-electron chi connectivity index (χ2n) is 3.73. The van der Waals surface area contributed by atoms with E-state index in [9.17, 15) is 0 Å². The fraction of sp³-hybridized carbons (Fsp3) is 0. The van der Waals surface area contributed by atoms with Crippen LogP contribution in [0.25, 0.3) is 22.4 Å². The molecule has 0 aliphatic heterocycles. The lowest BCUT2D eigenvalue weighted by molar-refractivity contribution is 0.495. The van der Waals surface area contributed by atoms with Gasteiger partial charge in [0.2, 0.25) is 11.4 Å². The van der Waals surface area contributed by atoms with Crippen molar-refractivity contribution in [1.29, 1.82) is 5.41 Å². The first-order valence-corrected chi connectivity index (χ1v) is 5.34. The minimum atomic E-state index is 0.148.